The van der Waals surface area contributed by atoms with Crippen LogP contribution < -0.4 is 27.4 Å². The van der Waals surface area contributed by atoms with Crippen LogP contribution in [0.3, 0.4) is 0 Å². The normalized spacial score (nSPS) is 17.0. The number of nitrogens with one attached hydrogen (secondary N) is 3. The van der Waals surface area contributed by atoms with Crippen LogP contribution in [0.15, 0.2) is 30.3 Å². The predicted molar refractivity (Wildman–Crippen MR) is 101 cm³/mol. The van der Waals surface area contributed by atoms with Gasteiger partial charge < -0.3 is 22.1 Å². The second-order valence-corrected chi connectivity index (χ2v) is 7.04. The molecule has 1 saturated heterocycles. The van der Waals surface area contributed by atoms with Crippen LogP contribution in [0.4, 0.5) is 15.5 Å². The molecule has 8 heteroatoms. The molecule has 1 fully saturated rings. The molecule has 132 valence electrons. The zero-order valence-corrected chi connectivity index (χ0v) is 14.5. The lowest BCUT2D eigenvalue weighted by molar-refractivity contribution is 0.0932. The van der Waals surface area contributed by atoms with Crippen molar-refractivity contribution in [2.45, 2.75) is 18.9 Å². The molecule has 1 aromatic carbocycles. The van der Waals surface area contributed by atoms with Gasteiger partial charge in [0.05, 0.1) is 5.56 Å². The summed E-state index contributed by atoms with van der Waals surface area (Å²) in [5.41, 5.74) is 13.0. The predicted octanol–water partition coefficient (Wildman–Crippen LogP) is 1.97. The van der Waals surface area contributed by atoms with Gasteiger partial charge in [0.1, 0.15) is 5.00 Å². The summed E-state index contributed by atoms with van der Waals surface area (Å²) in [6.07, 6.45) is 1.96. The van der Waals surface area contributed by atoms with Crippen LogP contribution in [0, 0.1) is 0 Å². The lowest BCUT2D eigenvalue weighted by atomic mass is 10.1. The average Bonchev–Trinajstić information content (AvgIpc) is 2.99. The molecule has 1 aliphatic heterocycles. The lowest BCUT2D eigenvalue weighted by Gasteiger charge is -2.23. The molecule has 0 unspecified atom stereocenters. The first kappa shape index (κ1) is 17.2. The molecule has 0 radical (unpaired) electrons. The molecule has 1 atom stereocenters. The van der Waals surface area contributed by atoms with Gasteiger partial charge in [-0.25, -0.2) is 4.79 Å². The Kier molecular flexibility index (Phi) is 5.20. The van der Waals surface area contributed by atoms with Crippen LogP contribution in [0.25, 0.3) is 10.4 Å². The number of thiophene rings is 1. The number of carbonyl (C=O) groups excluding carboxylic acids is 2. The van der Waals surface area contributed by atoms with Crippen molar-refractivity contribution in [2.75, 3.05) is 24.1 Å². The number of anilines is 2. The molecule has 2 heterocycles. The quantitative estimate of drug-likeness (QED) is 0.536. The van der Waals surface area contributed by atoms with Crippen molar-refractivity contribution in [1.29, 1.82) is 0 Å². The van der Waals surface area contributed by atoms with Crippen LogP contribution >= 0.6 is 11.3 Å². The fraction of sp³-hybridized carbons (Fsp3) is 0.294. The van der Waals surface area contributed by atoms with Crippen molar-refractivity contribution in [3.05, 3.63) is 35.9 Å². The molecule has 0 bridgehead atoms. The molecular formula is C17H21N5O2S. The SMILES string of the molecule is NC(=O)Nc1sc(-c2cccc(N)c2)cc1C(=O)N[C@H]1CCCNC1. The Morgan fingerprint density at radius 3 is 2.80 bits per heavy atom. The van der Waals surface area contributed by atoms with Gasteiger partial charge in [0.25, 0.3) is 5.91 Å². The number of benzene rings is 1. The van der Waals surface area contributed by atoms with E-state index in [0.717, 1.165) is 36.4 Å². The van der Waals surface area contributed by atoms with Crippen LogP contribution in [-0.2, 0) is 0 Å². The standard InChI is InChI=1S/C17H21N5O2S/c18-11-4-1-3-10(7-11)14-8-13(16(25-14)22-17(19)24)15(23)21-12-5-2-6-20-9-12/h1,3-4,7-8,12,20H,2,5-6,9,18H2,(H,21,23)(H3,19,22,24)/t12-/m0/s1. The van der Waals surface area contributed by atoms with E-state index in [4.69, 9.17) is 11.5 Å². The Morgan fingerprint density at radius 1 is 1.28 bits per heavy atom. The second kappa shape index (κ2) is 7.54. The molecule has 1 aromatic heterocycles. The Morgan fingerprint density at radius 2 is 2.12 bits per heavy atom. The Hall–Kier alpha value is -2.58. The van der Waals surface area contributed by atoms with E-state index >= 15 is 0 Å². The van der Waals surface area contributed by atoms with E-state index < -0.39 is 6.03 Å². The van der Waals surface area contributed by atoms with Crippen LogP contribution in [0.5, 0.6) is 0 Å². The molecular weight excluding hydrogens is 338 g/mol. The first-order chi connectivity index (χ1) is 12.0. The number of amides is 3. The van der Waals surface area contributed by atoms with Gasteiger partial charge in [0.15, 0.2) is 0 Å². The van der Waals surface area contributed by atoms with Crippen molar-refractivity contribution in [3.63, 3.8) is 0 Å². The molecule has 1 aliphatic rings. The number of piperidine rings is 1. The maximum atomic E-state index is 12.7. The third-order valence-electron chi connectivity index (χ3n) is 4.02. The van der Waals surface area contributed by atoms with E-state index in [1.54, 1.807) is 12.1 Å². The third kappa shape index (κ3) is 4.28. The largest absolute Gasteiger partial charge is 0.399 e. The van der Waals surface area contributed by atoms with Gasteiger partial charge >= 0.3 is 6.03 Å². The fourth-order valence-electron chi connectivity index (χ4n) is 2.84. The maximum absolute atomic E-state index is 12.7. The van der Waals surface area contributed by atoms with E-state index in [1.165, 1.54) is 11.3 Å². The number of hydrogen-bond donors (Lipinski definition) is 5. The highest BCUT2D eigenvalue weighted by Gasteiger charge is 2.22. The minimum absolute atomic E-state index is 0.0818. The van der Waals surface area contributed by atoms with E-state index in [0.29, 0.717) is 16.3 Å². The van der Waals surface area contributed by atoms with Crippen molar-refractivity contribution >= 4 is 34.0 Å². The van der Waals surface area contributed by atoms with E-state index in [2.05, 4.69) is 16.0 Å². The summed E-state index contributed by atoms with van der Waals surface area (Å²) in [5, 5.41) is 9.26. The zero-order valence-electron chi connectivity index (χ0n) is 13.7. The van der Waals surface area contributed by atoms with E-state index in [-0.39, 0.29) is 11.9 Å². The lowest BCUT2D eigenvalue weighted by Crippen LogP contribution is -2.45. The van der Waals surface area contributed by atoms with E-state index in [1.807, 2.05) is 18.2 Å². The monoisotopic (exact) mass is 359 g/mol. The molecule has 0 saturated carbocycles. The summed E-state index contributed by atoms with van der Waals surface area (Å²) >= 11 is 1.30. The molecule has 7 N–H and O–H groups in total. The molecule has 0 spiro atoms. The summed E-state index contributed by atoms with van der Waals surface area (Å²) in [4.78, 5) is 24.8. The van der Waals surface area contributed by atoms with Gasteiger partial charge in [-0.1, -0.05) is 12.1 Å². The van der Waals surface area contributed by atoms with Gasteiger partial charge in [-0.05, 0) is 43.1 Å². The Bertz CT molecular complexity index is 783. The third-order valence-corrected chi connectivity index (χ3v) is 5.12. The first-order valence-corrected chi connectivity index (χ1v) is 8.92. The van der Waals surface area contributed by atoms with Gasteiger partial charge in [-0.3, -0.25) is 10.1 Å². The Balaban J connectivity index is 1.87. The fourth-order valence-corrected chi connectivity index (χ4v) is 3.89. The zero-order chi connectivity index (χ0) is 17.8. The number of hydrogen-bond acceptors (Lipinski definition) is 5. The number of nitrogens with two attached hydrogens (primary N) is 2. The number of primary amides is 1. The van der Waals surface area contributed by atoms with Crippen LogP contribution in [0.1, 0.15) is 23.2 Å². The van der Waals surface area contributed by atoms with Gasteiger partial charge in [0.2, 0.25) is 0 Å². The average molecular weight is 359 g/mol. The molecule has 0 aliphatic carbocycles. The van der Waals surface area contributed by atoms with Crippen molar-refractivity contribution < 1.29 is 9.59 Å². The highest BCUT2D eigenvalue weighted by molar-refractivity contribution is 7.20. The Labute approximate surface area is 149 Å². The summed E-state index contributed by atoms with van der Waals surface area (Å²) in [5.74, 6) is -0.219. The molecule has 2 aromatic rings. The summed E-state index contributed by atoms with van der Waals surface area (Å²) in [6.45, 7) is 1.72. The number of rotatable bonds is 4. The van der Waals surface area contributed by atoms with Crippen molar-refractivity contribution in [2.24, 2.45) is 5.73 Å². The smallest absolute Gasteiger partial charge is 0.317 e. The minimum atomic E-state index is -0.700. The highest BCUT2D eigenvalue weighted by Crippen LogP contribution is 2.36. The van der Waals surface area contributed by atoms with Crippen molar-refractivity contribution in [3.8, 4) is 10.4 Å². The number of carbonyl (C=O) groups is 2. The van der Waals surface area contributed by atoms with E-state index in [9.17, 15) is 9.59 Å². The molecule has 25 heavy (non-hydrogen) atoms. The first-order valence-electron chi connectivity index (χ1n) is 8.10. The summed E-state index contributed by atoms with van der Waals surface area (Å²) in [6, 6.07) is 8.52. The minimum Gasteiger partial charge on any atom is -0.399 e. The van der Waals surface area contributed by atoms with Crippen molar-refractivity contribution in [1.82, 2.24) is 10.6 Å². The van der Waals surface area contributed by atoms with Gasteiger partial charge in [-0.2, -0.15) is 0 Å². The molecule has 7 nitrogen and oxygen atoms in total. The topological polar surface area (TPSA) is 122 Å². The van der Waals surface area contributed by atoms with Crippen LogP contribution in [0.2, 0.25) is 0 Å². The summed E-state index contributed by atoms with van der Waals surface area (Å²) in [7, 11) is 0. The second-order valence-electron chi connectivity index (χ2n) is 5.98. The summed E-state index contributed by atoms with van der Waals surface area (Å²) < 4.78 is 0. The van der Waals surface area contributed by atoms with Gasteiger partial charge in [0, 0.05) is 23.2 Å². The molecule has 3 rings (SSSR count). The number of urea groups is 1. The van der Waals surface area contributed by atoms with Crippen LogP contribution in [-0.4, -0.2) is 31.1 Å². The maximum Gasteiger partial charge on any atom is 0.317 e. The highest BCUT2D eigenvalue weighted by atomic mass is 32.1. The number of nitrogen functional groups attached to an aromatic ring is 1. The molecule has 3 amide bonds. The van der Waals surface area contributed by atoms with Gasteiger partial charge in [-0.15, -0.1) is 11.3 Å².